The highest BCUT2D eigenvalue weighted by atomic mass is 19.1. The van der Waals surface area contributed by atoms with E-state index in [1.54, 1.807) is 24.3 Å². The first kappa shape index (κ1) is 20.2. The van der Waals surface area contributed by atoms with E-state index >= 15 is 0 Å². The number of carbonyl (C=O) groups excluding carboxylic acids is 1. The van der Waals surface area contributed by atoms with Crippen LogP contribution in [0.2, 0.25) is 0 Å². The number of rotatable bonds is 5. The van der Waals surface area contributed by atoms with Gasteiger partial charge in [-0.1, -0.05) is 30.3 Å². The van der Waals surface area contributed by atoms with Gasteiger partial charge >= 0.3 is 6.03 Å². The van der Waals surface area contributed by atoms with Crippen LogP contribution in [0.15, 0.2) is 91.3 Å². The lowest BCUT2D eigenvalue weighted by Gasteiger charge is -2.09. The normalized spacial score (nSPS) is 10.7. The lowest BCUT2D eigenvalue weighted by atomic mass is 10.1. The Kier molecular flexibility index (Phi) is 5.38. The van der Waals surface area contributed by atoms with Crippen LogP contribution in [-0.4, -0.2) is 21.0 Å². The van der Waals surface area contributed by atoms with Crippen LogP contribution in [-0.2, 0) is 0 Å². The van der Waals surface area contributed by atoms with Gasteiger partial charge in [-0.3, -0.25) is 0 Å². The average Bonchev–Trinajstić information content (AvgIpc) is 3.28. The number of nitrogens with zero attached hydrogens (tertiary/aromatic N) is 2. The lowest BCUT2D eigenvalue weighted by Crippen LogP contribution is -2.19. The molecule has 2 heterocycles. The van der Waals surface area contributed by atoms with Gasteiger partial charge in [0.2, 0.25) is 5.88 Å². The number of hydrogen-bond acceptors (Lipinski definition) is 4. The van der Waals surface area contributed by atoms with Crippen molar-refractivity contribution < 1.29 is 13.9 Å². The number of anilines is 2. The van der Waals surface area contributed by atoms with Gasteiger partial charge in [0.05, 0.1) is 5.39 Å². The second kappa shape index (κ2) is 8.80. The van der Waals surface area contributed by atoms with E-state index in [-0.39, 0.29) is 5.82 Å². The van der Waals surface area contributed by atoms with Gasteiger partial charge < -0.3 is 20.4 Å². The van der Waals surface area contributed by atoms with Crippen LogP contribution in [0.3, 0.4) is 0 Å². The van der Waals surface area contributed by atoms with Crippen LogP contribution in [0.5, 0.6) is 11.6 Å². The molecule has 0 aliphatic rings. The van der Waals surface area contributed by atoms with Crippen molar-refractivity contribution in [2.75, 3.05) is 10.6 Å². The number of H-pyrrole nitrogens is 1. The highest BCUT2D eigenvalue weighted by Crippen LogP contribution is 2.31. The number of nitrogens with one attached hydrogen (secondary N) is 3. The molecule has 2 amide bonds. The number of aromatic amines is 1. The maximum Gasteiger partial charge on any atom is 0.323 e. The van der Waals surface area contributed by atoms with E-state index < -0.39 is 6.03 Å². The van der Waals surface area contributed by atoms with Crippen molar-refractivity contribution in [3.8, 4) is 22.9 Å². The number of fused-ring (bicyclic) bond motifs is 1. The summed E-state index contributed by atoms with van der Waals surface area (Å²) in [6.45, 7) is 0. The van der Waals surface area contributed by atoms with E-state index in [1.807, 2.05) is 36.4 Å². The first-order valence-electron chi connectivity index (χ1n) is 10.1. The number of halogens is 1. The van der Waals surface area contributed by atoms with Crippen molar-refractivity contribution in [2.45, 2.75) is 0 Å². The van der Waals surface area contributed by atoms with E-state index in [4.69, 9.17) is 4.74 Å². The fourth-order valence-electron chi connectivity index (χ4n) is 3.32. The maximum atomic E-state index is 13.0. The van der Waals surface area contributed by atoms with Gasteiger partial charge in [0, 0.05) is 17.1 Å². The molecule has 0 aliphatic heterocycles. The van der Waals surface area contributed by atoms with Crippen molar-refractivity contribution in [2.24, 2.45) is 0 Å². The minimum Gasteiger partial charge on any atom is -0.438 e. The van der Waals surface area contributed by atoms with Crippen LogP contribution >= 0.6 is 0 Å². The summed E-state index contributed by atoms with van der Waals surface area (Å²) in [6, 6.07) is 23.9. The van der Waals surface area contributed by atoms with Gasteiger partial charge in [-0.25, -0.2) is 19.2 Å². The van der Waals surface area contributed by atoms with Gasteiger partial charge in [0.25, 0.3) is 0 Å². The summed E-state index contributed by atoms with van der Waals surface area (Å²) in [5.41, 5.74) is 3.69. The molecule has 2 aromatic heterocycles. The summed E-state index contributed by atoms with van der Waals surface area (Å²) in [5, 5.41) is 6.12. The molecule has 7 nitrogen and oxygen atoms in total. The fourth-order valence-corrected chi connectivity index (χ4v) is 3.32. The minimum absolute atomic E-state index is 0.367. The maximum absolute atomic E-state index is 13.0. The van der Waals surface area contributed by atoms with E-state index in [0.717, 1.165) is 16.6 Å². The van der Waals surface area contributed by atoms with Gasteiger partial charge in [-0.05, 0) is 60.2 Å². The van der Waals surface area contributed by atoms with Crippen molar-refractivity contribution in [3.63, 3.8) is 0 Å². The zero-order valence-electron chi connectivity index (χ0n) is 17.2. The molecule has 0 unspecified atom stereocenters. The number of ether oxygens (including phenoxy) is 1. The van der Waals surface area contributed by atoms with Crippen molar-refractivity contribution in [1.82, 2.24) is 15.0 Å². The smallest absolute Gasteiger partial charge is 0.323 e. The number of amides is 2. The topological polar surface area (TPSA) is 91.9 Å². The van der Waals surface area contributed by atoms with E-state index in [9.17, 15) is 9.18 Å². The summed E-state index contributed by atoms with van der Waals surface area (Å²) in [4.78, 5) is 24.0. The third-order valence-corrected chi connectivity index (χ3v) is 4.90. The molecule has 3 N–H and O–H groups in total. The molecule has 0 spiro atoms. The third kappa shape index (κ3) is 4.64. The number of benzene rings is 3. The molecule has 0 fully saturated rings. The zero-order valence-corrected chi connectivity index (χ0v) is 17.2. The van der Waals surface area contributed by atoms with Crippen LogP contribution in [0.25, 0.3) is 22.3 Å². The molecule has 33 heavy (non-hydrogen) atoms. The van der Waals surface area contributed by atoms with E-state index in [0.29, 0.717) is 28.7 Å². The summed E-state index contributed by atoms with van der Waals surface area (Å²) < 4.78 is 19.0. The van der Waals surface area contributed by atoms with Crippen molar-refractivity contribution in [3.05, 3.63) is 97.1 Å². The van der Waals surface area contributed by atoms with Crippen LogP contribution < -0.4 is 15.4 Å². The monoisotopic (exact) mass is 439 g/mol. The zero-order chi connectivity index (χ0) is 22.6. The number of carbonyl (C=O) groups is 1. The fraction of sp³-hybridized carbons (Fsp3) is 0. The van der Waals surface area contributed by atoms with Crippen LogP contribution in [0.4, 0.5) is 20.6 Å². The molecule has 5 rings (SSSR count). The molecule has 0 atom stereocenters. The molecular weight excluding hydrogens is 421 g/mol. The average molecular weight is 439 g/mol. The van der Waals surface area contributed by atoms with Crippen LogP contribution in [0.1, 0.15) is 0 Å². The largest absolute Gasteiger partial charge is 0.438 e. The number of aromatic nitrogens is 3. The summed E-state index contributed by atoms with van der Waals surface area (Å²) in [6.07, 6.45) is 1.44. The molecule has 162 valence electrons. The minimum atomic E-state index is -0.437. The first-order chi connectivity index (χ1) is 16.1. The van der Waals surface area contributed by atoms with Gasteiger partial charge in [-0.2, -0.15) is 0 Å². The Balaban J connectivity index is 1.28. The van der Waals surface area contributed by atoms with E-state index in [1.165, 1.54) is 30.6 Å². The Morgan fingerprint density at radius 1 is 0.848 bits per heavy atom. The number of urea groups is 1. The summed E-state index contributed by atoms with van der Waals surface area (Å²) in [5.74, 6) is 0.614. The van der Waals surface area contributed by atoms with Crippen molar-refractivity contribution in [1.29, 1.82) is 0 Å². The molecule has 0 saturated carbocycles. The van der Waals surface area contributed by atoms with Gasteiger partial charge in [0.15, 0.2) is 0 Å². The quantitative estimate of drug-likeness (QED) is 0.304. The van der Waals surface area contributed by atoms with Crippen molar-refractivity contribution >= 4 is 28.4 Å². The molecule has 0 radical (unpaired) electrons. The standard InChI is InChI=1S/C25H18FN5O2/c26-17-6-8-18(9-7-17)29-25(32)30-19-10-12-20(13-11-19)33-24-21-14-22(16-4-2-1-3-5-16)31-23(21)27-15-28-24/h1-15H,(H,27,28,31)(H2,29,30,32). The van der Waals surface area contributed by atoms with E-state index in [2.05, 4.69) is 25.6 Å². The molecule has 0 bridgehead atoms. The second-order valence-corrected chi connectivity index (χ2v) is 7.20. The summed E-state index contributed by atoms with van der Waals surface area (Å²) >= 11 is 0. The molecule has 8 heteroatoms. The van der Waals surface area contributed by atoms with Crippen LogP contribution in [0, 0.1) is 5.82 Å². The highest BCUT2D eigenvalue weighted by molar-refractivity contribution is 5.99. The molecule has 5 aromatic rings. The highest BCUT2D eigenvalue weighted by Gasteiger charge is 2.11. The molecule has 3 aromatic carbocycles. The molecule has 0 aliphatic carbocycles. The predicted molar refractivity (Wildman–Crippen MR) is 125 cm³/mol. The van der Waals surface area contributed by atoms with Gasteiger partial charge in [-0.15, -0.1) is 0 Å². The van der Waals surface area contributed by atoms with Gasteiger partial charge in [0.1, 0.15) is 23.5 Å². The molecular formula is C25H18FN5O2. The Morgan fingerprint density at radius 2 is 1.52 bits per heavy atom. The Hall–Kier alpha value is -4.72. The lowest BCUT2D eigenvalue weighted by molar-refractivity contribution is 0.262. The molecule has 0 saturated heterocycles. The number of hydrogen-bond donors (Lipinski definition) is 3. The third-order valence-electron chi connectivity index (χ3n) is 4.90. The Bertz CT molecular complexity index is 1400. The second-order valence-electron chi connectivity index (χ2n) is 7.20. The predicted octanol–water partition coefficient (Wildman–Crippen LogP) is 6.20. The Labute approximate surface area is 188 Å². The SMILES string of the molecule is O=C(Nc1ccc(F)cc1)Nc1ccc(Oc2ncnc3[nH]c(-c4ccccc4)cc23)cc1. The summed E-state index contributed by atoms with van der Waals surface area (Å²) in [7, 11) is 0. The first-order valence-corrected chi connectivity index (χ1v) is 10.1. The Morgan fingerprint density at radius 3 is 2.21 bits per heavy atom.